The largest absolute Gasteiger partial charge is 0.291 e. The summed E-state index contributed by atoms with van der Waals surface area (Å²) in [6.45, 7) is 4.23. The van der Waals surface area contributed by atoms with E-state index in [1.165, 1.54) is 0 Å². The highest BCUT2D eigenvalue weighted by atomic mass is 35.5. The molecule has 0 fully saturated rings. The molecule has 0 atom stereocenters. The summed E-state index contributed by atoms with van der Waals surface area (Å²) in [6, 6.07) is 5.19. The number of alkyl halides is 2. The molecule has 0 amide bonds. The number of hydrogen-bond donors (Lipinski definition) is 0. The molecule has 0 unspecified atom stereocenters. The molecule has 4 heteroatoms. The lowest BCUT2D eigenvalue weighted by atomic mass is 10.0. The Hall–Kier alpha value is -0.240. The topological polar surface area (TPSA) is 17.1 Å². The number of ketones is 1. The number of rotatable bonds is 4. The lowest BCUT2D eigenvalue weighted by Crippen LogP contribution is -2.08. The Bertz CT molecular complexity index is 386. The molecular formula is C12H13Cl3O. The highest BCUT2D eigenvalue weighted by molar-refractivity contribution is 6.55. The molecule has 0 saturated heterocycles. The molecule has 1 nitrogen and oxygen atoms in total. The van der Waals surface area contributed by atoms with Crippen LogP contribution < -0.4 is 0 Å². The SMILES string of the molecule is CC(C)Cc1ccc(C(=O)C(Cl)Cl)cc1Cl. The van der Waals surface area contributed by atoms with Gasteiger partial charge >= 0.3 is 0 Å². The standard InChI is InChI=1S/C12H13Cl3O/c1-7(2)5-8-3-4-9(6-10(8)13)11(16)12(14)15/h3-4,6-7,12H,5H2,1-2H3. The predicted octanol–water partition coefficient (Wildman–Crippen LogP) is 4.52. The van der Waals surface area contributed by atoms with Crippen molar-refractivity contribution in [3.8, 4) is 0 Å². The maximum atomic E-state index is 11.5. The van der Waals surface area contributed by atoms with Crippen LogP contribution in [-0.2, 0) is 6.42 Å². The second-order valence-electron chi connectivity index (χ2n) is 4.07. The molecule has 0 bridgehead atoms. The highest BCUT2D eigenvalue weighted by Crippen LogP contribution is 2.22. The number of hydrogen-bond acceptors (Lipinski definition) is 1. The first-order valence-corrected chi connectivity index (χ1v) is 6.27. The normalized spacial score (nSPS) is 11.2. The van der Waals surface area contributed by atoms with Gasteiger partial charge in [0, 0.05) is 10.6 Å². The van der Waals surface area contributed by atoms with E-state index in [2.05, 4.69) is 13.8 Å². The fourth-order valence-electron chi connectivity index (χ4n) is 1.43. The summed E-state index contributed by atoms with van der Waals surface area (Å²) in [5.41, 5.74) is 1.49. The van der Waals surface area contributed by atoms with Crippen LogP contribution in [0.25, 0.3) is 0 Å². The number of benzene rings is 1. The van der Waals surface area contributed by atoms with Gasteiger partial charge in [0.25, 0.3) is 0 Å². The maximum Gasteiger partial charge on any atom is 0.195 e. The van der Waals surface area contributed by atoms with E-state index >= 15 is 0 Å². The molecule has 16 heavy (non-hydrogen) atoms. The quantitative estimate of drug-likeness (QED) is 0.585. The molecule has 0 aliphatic heterocycles. The lowest BCUT2D eigenvalue weighted by Gasteiger charge is -2.09. The van der Waals surface area contributed by atoms with E-state index in [1.807, 2.05) is 6.07 Å². The molecule has 1 rings (SSSR count). The minimum Gasteiger partial charge on any atom is -0.291 e. The van der Waals surface area contributed by atoms with Gasteiger partial charge in [-0.25, -0.2) is 0 Å². The Kier molecular flexibility index (Phi) is 5.10. The average molecular weight is 280 g/mol. The van der Waals surface area contributed by atoms with E-state index in [4.69, 9.17) is 34.8 Å². The molecule has 0 saturated carbocycles. The third kappa shape index (κ3) is 3.65. The monoisotopic (exact) mass is 278 g/mol. The van der Waals surface area contributed by atoms with E-state index in [9.17, 15) is 4.79 Å². The Labute approximate surface area is 111 Å². The van der Waals surface area contributed by atoms with E-state index < -0.39 is 4.84 Å². The van der Waals surface area contributed by atoms with Gasteiger partial charge in [-0.2, -0.15) is 0 Å². The van der Waals surface area contributed by atoms with Crippen LogP contribution in [-0.4, -0.2) is 10.6 Å². The van der Waals surface area contributed by atoms with E-state index in [1.54, 1.807) is 12.1 Å². The van der Waals surface area contributed by atoms with Gasteiger partial charge in [-0.05, 0) is 24.0 Å². The number of carbonyl (C=O) groups is 1. The van der Waals surface area contributed by atoms with E-state index in [-0.39, 0.29) is 5.78 Å². The fourth-order valence-corrected chi connectivity index (χ4v) is 1.94. The molecule has 0 heterocycles. The fraction of sp³-hybridized carbons (Fsp3) is 0.417. The third-order valence-electron chi connectivity index (χ3n) is 2.16. The summed E-state index contributed by atoms with van der Waals surface area (Å²) in [7, 11) is 0. The second-order valence-corrected chi connectivity index (χ2v) is 5.57. The summed E-state index contributed by atoms with van der Waals surface area (Å²) in [5.74, 6) is 0.203. The zero-order valence-electron chi connectivity index (χ0n) is 9.14. The minimum atomic E-state index is -1.04. The Morgan fingerprint density at radius 1 is 1.31 bits per heavy atom. The Morgan fingerprint density at radius 3 is 2.38 bits per heavy atom. The first-order chi connectivity index (χ1) is 7.41. The molecule has 88 valence electrons. The van der Waals surface area contributed by atoms with Crippen molar-refractivity contribution in [3.63, 3.8) is 0 Å². The van der Waals surface area contributed by atoms with E-state index in [0.29, 0.717) is 16.5 Å². The molecule has 0 aromatic heterocycles. The number of carbonyl (C=O) groups excluding carboxylic acids is 1. The summed E-state index contributed by atoms with van der Waals surface area (Å²) in [6.07, 6.45) is 0.887. The minimum absolute atomic E-state index is 0.318. The summed E-state index contributed by atoms with van der Waals surface area (Å²) in [4.78, 5) is 10.5. The summed E-state index contributed by atoms with van der Waals surface area (Å²) < 4.78 is 0. The molecule has 0 radical (unpaired) electrons. The first kappa shape index (κ1) is 13.8. The van der Waals surface area contributed by atoms with Crippen molar-refractivity contribution in [1.29, 1.82) is 0 Å². The molecule has 0 aliphatic rings. The molecular weight excluding hydrogens is 266 g/mol. The van der Waals surface area contributed by atoms with Crippen LogP contribution in [0.15, 0.2) is 18.2 Å². The van der Waals surface area contributed by atoms with Crippen LogP contribution in [0.4, 0.5) is 0 Å². The lowest BCUT2D eigenvalue weighted by molar-refractivity contribution is 0.101. The third-order valence-corrected chi connectivity index (χ3v) is 2.91. The number of halogens is 3. The molecule has 1 aromatic carbocycles. The van der Waals surface area contributed by atoms with Crippen molar-refractivity contribution in [3.05, 3.63) is 34.3 Å². The molecule has 0 spiro atoms. The van der Waals surface area contributed by atoms with Crippen LogP contribution in [0.2, 0.25) is 5.02 Å². The predicted molar refractivity (Wildman–Crippen MR) is 69.8 cm³/mol. The molecule has 0 aliphatic carbocycles. The second kappa shape index (κ2) is 5.90. The highest BCUT2D eigenvalue weighted by Gasteiger charge is 2.15. The van der Waals surface area contributed by atoms with Crippen molar-refractivity contribution in [2.75, 3.05) is 0 Å². The van der Waals surface area contributed by atoms with Gasteiger partial charge in [0.2, 0.25) is 0 Å². The maximum absolute atomic E-state index is 11.5. The zero-order chi connectivity index (χ0) is 12.3. The van der Waals surface area contributed by atoms with Gasteiger partial charge in [0.1, 0.15) is 0 Å². The van der Waals surface area contributed by atoms with Crippen molar-refractivity contribution in [1.82, 2.24) is 0 Å². The average Bonchev–Trinajstić information content (AvgIpc) is 2.19. The van der Waals surface area contributed by atoms with Gasteiger partial charge in [-0.3, -0.25) is 4.79 Å². The van der Waals surface area contributed by atoms with Gasteiger partial charge in [-0.15, -0.1) is 0 Å². The Balaban J connectivity index is 2.95. The van der Waals surface area contributed by atoms with Crippen molar-refractivity contribution in [2.24, 2.45) is 5.92 Å². The number of Topliss-reactive ketones (excluding diaryl/α,β-unsaturated/α-hetero) is 1. The van der Waals surface area contributed by atoms with E-state index in [0.717, 1.165) is 12.0 Å². The van der Waals surface area contributed by atoms with Crippen LogP contribution in [0.5, 0.6) is 0 Å². The molecule has 1 aromatic rings. The van der Waals surface area contributed by atoms with Crippen molar-refractivity contribution < 1.29 is 4.79 Å². The van der Waals surface area contributed by atoms with Gasteiger partial charge in [-0.1, -0.05) is 60.8 Å². The van der Waals surface area contributed by atoms with Gasteiger partial charge < -0.3 is 0 Å². The summed E-state index contributed by atoms with van der Waals surface area (Å²) >= 11 is 17.1. The van der Waals surface area contributed by atoms with Crippen LogP contribution >= 0.6 is 34.8 Å². The van der Waals surface area contributed by atoms with Crippen molar-refractivity contribution in [2.45, 2.75) is 25.1 Å². The van der Waals surface area contributed by atoms with Gasteiger partial charge in [0.05, 0.1) is 0 Å². The van der Waals surface area contributed by atoms with Gasteiger partial charge in [0.15, 0.2) is 10.6 Å². The van der Waals surface area contributed by atoms with Crippen LogP contribution in [0.3, 0.4) is 0 Å². The summed E-state index contributed by atoms with van der Waals surface area (Å²) in [5, 5.41) is 0.591. The zero-order valence-corrected chi connectivity index (χ0v) is 11.4. The smallest absolute Gasteiger partial charge is 0.195 e. The van der Waals surface area contributed by atoms with Crippen LogP contribution in [0.1, 0.15) is 29.8 Å². The van der Waals surface area contributed by atoms with Crippen molar-refractivity contribution >= 4 is 40.6 Å². The first-order valence-electron chi connectivity index (χ1n) is 5.02. The van der Waals surface area contributed by atoms with Crippen LogP contribution in [0, 0.1) is 5.92 Å². The Morgan fingerprint density at radius 2 is 1.94 bits per heavy atom. The molecule has 0 N–H and O–H groups in total.